The van der Waals surface area contributed by atoms with E-state index in [4.69, 9.17) is 4.74 Å². The highest BCUT2D eigenvalue weighted by atomic mass is 16.5. The van der Waals surface area contributed by atoms with Gasteiger partial charge in [0.15, 0.2) is 0 Å². The lowest BCUT2D eigenvalue weighted by molar-refractivity contribution is -0.138. The fraction of sp³-hybridized carbons (Fsp3) is 0.556. The summed E-state index contributed by atoms with van der Waals surface area (Å²) in [7, 11) is 0. The molecule has 0 radical (unpaired) electrons. The molecule has 0 aliphatic carbocycles. The highest BCUT2D eigenvalue weighted by molar-refractivity contribution is 5.79. The molecule has 7 heteroatoms. The number of rotatable bonds is 3. The fourth-order valence-corrected chi connectivity index (χ4v) is 3.68. The second kappa shape index (κ2) is 6.82. The molecule has 132 valence electrons. The van der Waals surface area contributed by atoms with E-state index in [0.717, 1.165) is 55.9 Å². The Labute approximate surface area is 147 Å². The van der Waals surface area contributed by atoms with E-state index in [1.165, 1.54) is 0 Å². The summed E-state index contributed by atoms with van der Waals surface area (Å²) >= 11 is 0. The average Bonchev–Trinajstić information content (AvgIpc) is 3.11. The van der Waals surface area contributed by atoms with Crippen LogP contribution in [0.15, 0.2) is 24.8 Å². The Hall–Kier alpha value is -2.44. The van der Waals surface area contributed by atoms with Crippen molar-refractivity contribution in [1.82, 2.24) is 24.6 Å². The first-order valence-electron chi connectivity index (χ1n) is 8.93. The number of pyridine rings is 1. The number of nitrogens with zero attached hydrogens (tertiary/aromatic N) is 5. The van der Waals surface area contributed by atoms with E-state index in [1.807, 2.05) is 28.7 Å². The Bertz CT molecular complexity index is 751. The number of likely N-dealkylation sites (tertiary alicyclic amines) is 1. The van der Waals surface area contributed by atoms with Crippen molar-refractivity contribution in [2.45, 2.75) is 45.3 Å². The number of carbonyl (C=O) groups excluding carboxylic acids is 1. The molecule has 4 heterocycles. The number of hydrogen-bond acceptors (Lipinski definition) is 5. The Morgan fingerprint density at radius 2 is 2.12 bits per heavy atom. The normalized spacial score (nSPS) is 21.0. The van der Waals surface area contributed by atoms with Crippen molar-refractivity contribution in [3.05, 3.63) is 36.2 Å². The Kier molecular flexibility index (Phi) is 4.38. The van der Waals surface area contributed by atoms with E-state index in [2.05, 4.69) is 15.2 Å². The predicted octanol–water partition coefficient (Wildman–Crippen LogP) is 1.61. The smallest absolute Gasteiger partial charge is 0.227 e. The monoisotopic (exact) mass is 341 g/mol. The van der Waals surface area contributed by atoms with Crippen LogP contribution in [-0.4, -0.2) is 49.7 Å². The van der Waals surface area contributed by atoms with E-state index in [-0.39, 0.29) is 17.9 Å². The van der Waals surface area contributed by atoms with Crippen molar-refractivity contribution in [2.75, 3.05) is 13.1 Å². The Morgan fingerprint density at radius 3 is 2.92 bits per heavy atom. The van der Waals surface area contributed by atoms with Gasteiger partial charge in [0.25, 0.3) is 0 Å². The van der Waals surface area contributed by atoms with Gasteiger partial charge >= 0.3 is 0 Å². The molecule has 1 unspecified atom stereocenters. The number of aromatic nitrogens is 4. The molecule has 25 heavy (non-hydrogen) atoms. The molecule has 4 rings (SSSR count). The third kappa shape index (κ3) is 3.36. The molecule has 0 spiro atoms. The number of carbonyl (C=O) groups is 1. The van der Waals surface area contributed by atoms with Crippen LogP contribution in [0.3, 0.4) is 0 Å². The zero-order valence-corrected chi connectivity index (χ0v) is 14.5. The molecule has 2 aliphatic heterocycles. The summed E-state index contributed by atoms with van der Waals surface area (Å²) in [6.45, 7) is 4.23. The largest absolute Gasteiger partial charge is 0.490 e. The van der Waals surface area contributed by atoms with E-state index < -0.39 is 0 Å². The average molecular weight is 341 g/mol. The topological polar surface area (TPSA) is 73.1 Å². The lowest BCUT2D eigenvalue weighted by atomic mass is 9.96. The van der Waals surface area contributed by atoms with Crippen LogP contribution in [0.5, 0.6) is 5.75 Å². The van der Waals surface area contributed by atoms with Crippen LogP contribution >= 0.6 is 0 Å². The summed E-state index contributed by atoms with van der Waals surface area (Å²) in [5.41, 5.74) is 1.05. The van der Waals surface area contributed by atoms with Gasteiger partial charge in [-0.15, -0.1) is 10.2 Å². The van der Waals surface area contributed by atoms with Crippen molar-refractivity contribution in [1.29, 1.82) is 0 Å². The number of piperidine rings is 1. The van der Waals surface area contributed by atoms with Gasteiger partial charge in [-0.3, -0.25) is 9.78 Å². The number of hydrogen-bond donors (Lipinski definition) is 0. The SMILES string of the molecule is Cc1cnccc1OC1CCN(C(=O)C2CCc3nncn3C2)CC1. The molecule has 2 aliphatic rings. The van der Waals surface area contributed by atoms with Crippen LogP contribution in [0.1, 0.15) is 30.7 Å². The summed E-state index contributed by atoms with van der Waals surface area (Å²) in [5, 5.41) is 8.02. The molecule has 0 bridgehead atoms. The molecule has 2 aromatic heterocycles. The number of aryl methyl sites for hydroxylation is 2. The maximum absolute atomic E-state index is 12.8. The van der Waals surface area contributed by atoms with Crippen LogP contribution in [0, 0.1) is 12.8 Å². The first kappa shape index (κ1) is 16.1. The molecular weight excluding hydrogens is 318 g/mol. The second-order valence-electron chi connectivity index (χ2n) is 6.92. The third-order valence-corrected chi connectivity index (χ3v) is 5.19. The first-order chi connectivity index (χ1) is 12.2. The van der Waals surface area contributed by atoms with Gasteiger partial charge in [-0.2, -0.15) is 0 Å². The molecule has 7 nitrogen and oxygen atoms in total. The minimum Gasteiger partial charge on any atom is -0.490 e. The molecule has 1 fully saturated rings. The van der Waals surface area contributed by atoms with Gasteiger partial charge in [-0.05, 0) is 19.4 Å². The standard InChI is InChI=1S/C18H23N5O2/c1-13-10-19-7-4-16(13)25-15-5-8-22(9-6-15)18(24)14-2-3-17-21-20-12-23(17)11-14/h4,7,10,12,14-15H,2-3,5-6,8-9,11H2,1H3. The van der Waals surface area contributed by atoms with Gasteiger partial charge in [0.1, 0.15) is 24.0 Å². The van der Waals surface area contributed by atoms with Crippen molar-refractivity contribution in [3.8, 4) is 5.75 Å². The maximum Gasteiger partial charge on any atom is 0.227 e. The third-order valence-electron chi connectivity index (χ3n) is 5.19. The van der Waals surface area contributed by atoms with Gasteiger partial charge < -0.3 is 14.2 Å². The van der Waals surface area contributed by atoms with Gasteiger partial charge in [0.2, 0.25) is 5.91 Å². The Morgan fingerprint density at radius 1 is 1.28 bits per heavy atom. The van der Waals surface area contributed by atoms with Crippen LogP contribution in [-0.2, 0) is 17.8 Å². The van der Waals surface area contributed by atoms with E-state index in [1.54, 1.807) is 12.5 Å². The predicted molar refractivity (Wildman–Crippen MR) is 91.0 cm³/mol. The number of ether oxygens (including phenoxy) is 1. The van der Waals surface area contributed by atoms with Crippen molar-refractivity contribution < 1.29 is 9.53 Å². The van der Waals surface area contributed by atoms with Gasteiger partial charge in [0.05, 0.1) is 5.92 Å². The molecule has 2 aromatic rings. The summed E-state index contributed by atoms with van der Waals surface area (Å²) < 4.78 is 8.11. The fourth-order valence-electron chi connectivity index (χ4n) is 3.68. The van der Waals surface area contributed by atoms with Crippen molar-refractivity contribution >= 4 is 5.91 Å². The molecular formula is C18H23N5O2. The van der Waals surface area contributed by atoms with Gasteiger partial charge in [0, 0.05) is 56.9 Å². The summed E-state index contributed by atoms with van der Waals surface area (Å²) in [4.78, 5) is 18.9. The van der Waals surface area contributed by atoms with Crippen molar-refractivity contribution in [3.63, 3.8) is 0 Å². The molecule has 1 amide bonds. The molecule has 0 N–H and O–H groups in total. The first-order valence-corrected chi connectivity index (χ1v) is 8.93. The zero-order chi connectivity index (χ0) is 17.2. The van der Waals surface area contributed by atoms with Crippen LogP contribution in [0.4, 0.5) is 0 Å². The highest BCUT2D eigenvalue weighted by Gasteiger charge is 2.31. The number of amides is 1. The lowest BCUT2D eigenvalue weighted by Gasteiger charge is -2.35. The van der Waals surface area contributed by atoms with Gasteiger partial charge in [-0.1, -0.05) is 0 Å². The Balaban J connectivity index is 1.31. The van der Waals surface area contributed by atoms with E-state index >= 15 is 0 Å². The zero-order valence-electron chi connectivity index (χ0n) is 14.5. The van der Waals surface area contributed by atoms with Gasteiger partial charge in [-0.25, -0.2) is 0 Å². The summed E-state index contributed by atoms with van der Waals surface area (Å²) in [5.74, 6) is 2.19. The van der Waals surface area contributed by atoms with Crippen LogP contribution in [0.25, 0.3) is 0 Å². The van der Waals surface area contributed by atoms with E-state index in [9.17, 15) is 4.79 Å². The maximum atomic E-state index is 12.8. The van der Waals surface area contributed by atoms with Crippen molar-refractivity contribution in [2.24, 2.45) is 5.92 Å². The van der Waals surface area contributed by atoms with Crippen LogP contribution < -0.4 is 4.74 Å². The molecule has 0 saturated carbocycles. The quantitative estimate of drug-likeness (QED) is 0.848. The molecule has 0 aromatic carbocycles. The minimum atomic E-state index is 0.0448. The second-order valence-corrected chi connectivity index (χ2v) is 6.92. The lowest BCUT2D eigenvalue weighted by Crippen LogP contribution is -2.46. The van der Waals surface area contributed by atoms with Crippen LogP contribution in [0.2, 0.25) is 0 Å². The number of fused-ring (bicyclic) bond motifs is 1. The summed E-state index contributed by atoms with van der Waals surface area (Å²) in [6.07, 6.45) is 8.91. The molecule has 1 atom stereocenters. The highest BCUT2D eigenvalue weighted by Crippen LogP contribution is 2.25. The molecule has 1 saturated heterocycles. The summed E-state index contributed by atoms with van der Waals surface area (Å²) in [6, 6.07) is 1.91. The van der Waals surface area contributed by atoms with E-state index in [0.29, 0.717) is 6.54 Å². The minimum absolute atomic E-state index is 0.0448.